The molecule has 0 spiro atoms. The molecule has 1 fully saturated rings. The van der Waals surface area contributed by atoms with Gasteiger partial charge in [0.05, 0.1) is 17.0 Å². The highest BCUT2D eigenvalue weighted by molar-refractivity contribution is 8.04. The number of carbonyl (C=O) groups is 2. The molecule has 1 aliphatic carbocycles. The second kappa shape index (κ2) is 5.71. The molecule has 2 atom stereocenters. The topological polar surface area (TPSA) is 49.4 Å². The highest BCUT2D eigenvalue weighted by atomic mass is 32.2. The fourth-order valence-electron chi connectivity index (χ4n) is 3.71. The minimum atomic E-state index is -0.298. The van der Waals surface area contributed by atoms with Crippen LogP contribution in [0.5, 0.6) is 0 Å². The Hall–Kier alpha value is -1.75. The van der Waals surface area contributed by atoms with Crippen molar-refractivity contribution in [3.63, 3.8) is 0 Å². The molecule has 23 heavy (non-hydrogen) atoms. The molecule has 2 aliphatic heterocycles. The van der Waals surface area contributed by atoms with Gasteiger partial charge in [0.1, 0.15) is 0 Å². The second-order valence-corrected chi connectivity index (χ2v) is 7.55. The van der Waals surface area contributed by atoms with Crippen molar-refractivity contribution in [1.82, 2.24) is 5.32 Å². The number of hydrogen-bond donors (Lipinski definition) is 1. The Kier molecular flexibility index (Phi) is 3.68. The van der Waals surface area contributed by atoms with E-state index >= 15 is 0 Å². The molecule has 0 aromatic heterocycles. The Morgan fingerprint density at radius 3 is 2.65 bits per heavy atom. The lowest BCUT2D eigenvalue weighted by Gasteiger charge is -2.34. The minimum absolute atomic E-state index is 0.0672. The number of thioether (sulfide) groups is 1. The number of allylic oxidation sites excluding steroid dienone is 1. The molecule has 120 valence electrons. The maximum atomic E-state index is 13.0. The monoisotopic (exact) mass is 328 g/mol. The number of fused-ring (bicyclic) bond motifs is 2. The summed E-state index contributed by atoms with van der Waals surface area (Å²) in [5, 5.41) is 2.92. The first kappa shape index (κ1) is 14.8. The maximum Gasteiger partial charge on any atom is 0.329 e. The molecule has 4 nitrogen and oxygen atoms in total. The van der Waals surface area contributed by atoms with Crippen molar-refractivity contribution in [3.05, 3.63) is 40.3 Å². The van der Waals surface area contributed by atoms with Gasteiger partial charge in [0.25, 0.3) is 0 Å². The van der Waals surface area contributed by atoms with Crippen LogP contribution in [0.25, 0.3) is 0 Å². The quantitative estimate of drug-likeness (QED) is 0.898. The summed E-state index contributed by atoms with van der Waals surface area (Å²) in [5.74, 6) is -0.249. The number of amides is 3. The van der Waals surface area contributed by atoms with Gasteiger partial charge >= 0.3 is 6.03 Å². The van der Waals surface area contributed by atoms with E-state index in [-0.39, 0.29) is 23.2 Å². The lowest BCUT2D eigenvalue weighted by Crippen LogP contribution is -2.58. The van der Waals surface area contributed by atoms with Crippen LogP contribution in [0.15, 0.2) is 34.7 Å². The Bertz CT molecular complexity index is 695. The van der Waals surface area contributed by atoms with Crippen LogP contribution < -0.4 is 10.2 Å². The maximum absolute atomic E-state index is 13.0. The van der Waals surface area contributed by atoms with Crippen molar-refractivity contribution in [2.45, 2.75) is 44.4 Å². The van der Waals surface area contributed by atoms with E-state index in [0.717, 1.165) is 25.7 Å². The van der Waals surface area contributed by atoms with Crippen LogP contribution >= 0.6 is 11.8 Å². The number of nitrogens with one attached hydrogen (secondary N) is 1. The molecule has 1 N–H and O–H groups in total. The van der Waals surface area contributed by atoms with Gasteiger partial charge in [-0.15, -0.1) is 11.8 Å². The predicted molar refractivity (Wildman–Crippen MR) is 92.2 cm³/mol. The second-order valence-electron chi connectivity index (χ2n) is 6.31. The van der Waals surface area contributed by atoms with E-state index in [2.05, 4.69) is 12.2 Å². The summed E-state index contributed by atoms with van der Waals surface area (Å²) >= 11 is 1.69. The van der Waals surface area contributed by atoms with Crippen molar-refractivity contribution >= 4 is 29.4 Å². The van der Waals surface area contributed by atoms with Gasteiger partial charge in [-0.1, -0.05) is 19.1 Å². The first-order valence-corrected chi connectivity index (χ1v) is 9.19. The first-order chi connectivity index (χ1) is 11.2. The van der Waals surface area contributed by atoms with E-state index < -0.39 is 0 Å². The zero-order valence-electron chi connectivity index (χ0n) is 13.2. The standard InChI is InChI=1S/C18H20N2O2S/c1-2-11-7-9-12(10-8-11)20-17(21)15-13-5-3-4-6-14(13)23-16(15)19-18(20)22/h7-10,15-16H,2-6H2,1H3,(H,19,22). The Labute approximate surface area is 140 Å². The molecule has 2 unspecified atom stereocenters. The van der Waals surface area contributed by atoms with E-state index in [4.69, 9.17) is 0 Å². The lowest BCUT2D eigenvalue weighted by atomic mass is 9.87. The molecule has 3 amide bonds. The van der Waals surface area contributed by atoms with Crippen molar-refractivity contribution in [2.24, 2.45) is 5.92 Å². The summed E-state index contributed by atoms with van der Waals surface area (Å²) in [6.07, 6.45) is 5.33. The van der Waals surface area contributed by atoms with Gasteiger partial charge in [0, 0.05) is 0 Å². The number of benzene rings is 1. The van der Waals surface area contributed by atoms with E-state index in [1.807, 2.05) is 24.3 Å². The van der Waals surface area contributed by atoms with Crippen LogP contribution in [0.3, 0.4) is 0 Å². The van der Waals surface area contributed by atoms with E-state index in [9.17, 15) is 9.59 Å². The zero-order valence-corrected chi connectivity index (χ0v) is 14.0. The van der Waals surface area contributed by atoms with Crippen molar-refractivity contribution < 1.29 is 9.59 Å². The summed E-state index contributed by atoms with van der Waals surface area (Å²) in [6.45, 7) is 2.09. The van der Waals surface area contributed by atoms with Gasteiger partial charge in [-0.25, -0.2) is 9.69 Å². The van der Waals surface area contributed by atoms with Crippen LogP contribution in [-0.4, -0.2) is 17.3 Å². The average molecular weight is 328 g/mol. The number of anilines is 1. The van der Waals surface area contributed by atoms with Crippen LogP contribution in [0.2, 0.25) is 0 Å². The van der Waals surface area contributed by atoms with Gasteiger partial charge in [-0.05, 0) is 60.3 Å². The molecule has 1 aromatic rings. The summed E-state index contributed by atoms with van der Waals surface area (Å²) in [7, 11) is 0. The Morgan fingerprint density at radius 1 is 1.17 bits per heavy atom. The molecule has 5 heteroatoms. The SMILES string of the molecule is CCc1ccc(N2C(=O)NC3SC4=C(CCCC4)C3C2=O)cc1. The van der Waals surface area contributed by atoms with Crippen LogP contribution in [0, 0.1) is 5.92 Å². The first-order valence-electron chi connectivity index (χ1n) is 8.31. The number of aryl methyl sites for hydroxylation is 1. The van der Waals surface area contributed by atoms with Gasteiger partial charge in [-0.3, -0.25) is 4.79 Å². The third-order valence-electron chi connectivity index (χ3n) is 4.96. The smallest absolute Gasteiger partial charge is 0.324 e. The van der Waals surface area contributed by atoms with E-state index in [1.54, 1.807) is 11.8 Å². The van der Waals surface area contributed by atoms with Crippen LogP contribution in [0.1, 0.15) is 38.2 Å². The van der Waals surface area contributed by atoms with Gasteiger partial charge < -0.3 is 5.32 Å². The molecular formula is C18H20N2O2S. The average Bonchev–Trinajstić information content (AvgIpc) is 2.93. The normalized spacial score (nSPS) is 26.9. The molecule has 0 saturated carbocycles. The predicted octanol–water partition coefficient (Wildman–Crippen LogP) is 3.82. The van der Waals surface area contributed by atoms with Crippen molar-refractivity contribution in [2.75, 3.05) is 4.90 Å². The third-order valence-corrected chi connectivity index (χ3v) is 6.36. The number of imide groups is 1. The van der Waals surface area contributed by atoms with Crippen LogP contribution in [0.4, 0.5) is 10.5 Å². The zero-order chi connectivity index (χ0) is 16.0. The Morgan fingerprint density at radius 2 is 1.91 bits per heavy atom. The summed E-state index contributed by atoms with van der Waals surface area (Å²) in [4.78, 5) is 28.2. The van der Waals surface area contributed by atoms with Crippen LogP contribution in [-0.2, 0) is 11.2 Å². The fraction of sp³-hybridized carbons (Fsp3) is 0.444. The summed E-state index contributed by atoms with van der Waals surface area (Å²) < 4.78 is 0. The molecule has 0 radical (unpaired) electrons. The Balaban J connectivity index is 1.67. The fourth-order valence-corrected chi connectivity index (χ4v) is 5.24. The third kappa shape index (κ3) is 2.38. The van der Waals surface area contributed by atoms with E-state index in [1.165, 1.54) is 27.4 Å². The number of nitrogens with zero attached hydrogens (tertiary/aromatic N) is 1. The largest absolute Gasteiger partial charge is 0.329 e. The summed E-state index contributed by atoms with van der Waals surface area (Å²) in [5.41, 5.74) is 3.13. The minimum Gasteiger partial charge on any atom is -0.324 e. The number of rotatable bonds is 2. The van der Waals surface area contributed by atoms with Gasteiger partial charge in [0.2, 0.25) is 5.91 Å². The lowest BCUT2D eigenvalue weighted by molar-refractivity contribution is -0.121. The highest BCUT2D eigenvalue weighted by Crippen LogP contribution is 2.49. The molecular weight excluding hydrogens is 308 g/mol. The molecule has 1 saturated heterocycles. The number of carbonyl (C=O) groups excluding carboxylic acids is 2. The van der Waals surface area contributed by atoms with Crippen molar-refractivity contribution in [1.29, 1.82) is 0 Å². The summed E-state index contributed by atoms with van der Waals surface area (Å²) in [6, 6.07) is 7.41. The molecule has 3 aliphatic rings. The number of hydrogen-bond acceptors (Lipinski definition) is 3. The van der Waals surface area contributed by atoms with Crippen molar-refractivity contribution in [3.8, 4) is 0 Å². The molecule has 1 aromatic carbocycles. The number of urea groups is 1. The highest BCUT2D eigenvalue weighted by Gasteiger charge is 2.48. The molecule has 0 bridgehead atoms. The van der Waals surface area contributed by atoms with E-state index in [0.29, 0.717) is 5.69 Å². The van der Waals surface area contributed by atoms with Gasteiger partial charge in [0.15, 0.2) is 0 Å². The molecule has 2 heterocycles. The van der Waals surface area contributed by atoms with Gasteiger partial charge in [-0.2, -0.15) is 0 Å². The molecule has 4 rings (SSSR count).